The lowest BCUT2D eigenvalue weighted by Crippen LogP contribution is -2.44. The summed E-state index contributed by atoms with van der Waals surface area (Å²) >= 11 is 0. The molecule has 5 nitrogen and oxygen atoms in total. The number of hydrogen-bond donors (Lipinski definition) is 2. The molecule has 0 amide bonds. The highest BCUT2D eigenvalue weighted by atomic mass is 16.4. The predicted octanol–water partition coefficient (Wildman–Crippen LogP) is 1.27. The number of fused-ring (bicyclic) bond motifs is 2. The highest BCUT2D eigenvalue weighted by molar-refractivity contribution is 5.85. The Balaban J connectivity index is 1.85. The number of carbonyl (C=O) groups is 1. The summed E-state index contributed by atoms with van der Waals surface area (Å²) in [5.74, 6) is -1.00. The number of nitrogens with zero attached hydrogens (tertiary/aromatic N) is 2. The van der Waals surface area contributed by atoms with Crippen molar-refractivity contribution in [2.24, 2.45) is 0 Å². The summed E-state index contributed by atoms with van der Waals surface area (Å²) in [6.07, 6.45) is 5.25. The van der Waals surface area contributed by atoms with Gasteiger partial charge in [0.1, 0.15) is 5.69 Å². The molecule has 0 aliphatic carbocycles. The van der Waals surface area contributed by atoms with Crippen LogP contribution in [0.5, 0.6) is 0 Å². The van der Waals surface area contributed by atoms with Gasteiger partial charge in [0, 0.05) is 12.1 Å². The Hall–Kier alpha value is -1.62. The molecule has 3 heterocycles. The lowest BCUT2D eigenvalue weighted by molar-refractivity contribution is 0.0690. The maximum Gasteiger partial charge on any atom is 0.354 e. The fourth-order valence-corrected chi connectivity index (χ4v) is 3.24. The van der Waals surface area contributed by atoms with E-state index >= 15 is 0 Å². The van der Waals surface area contributed by atoms with Gasteiger partial charge in [-0.25, -0.2) is 9.78 Å². The standard InChI is InChI=1S/C13H16N2O3/c16-11-5-8-1-2-9(6-11)15(8)10-3-4-12(13(17)18)14-7-10/h3-4,7-9,11,16H,1-2,5-6H2,(H,17,18). The minimum Gasteiger partial charge on any atom is -0.477 e. The molecule has 96 valence electrons. The minimum atomic E-state index is -1.00. The Bertz CT molecular complexity index is 446. The zero-order valence-electron chi connectivity index (χ0n) is 9.99. The monoisotopic (exact) mass is 248 g/mol. The number of aliphatic hydroxyl groups is 1. The van der Waals surface area contributed by atoms with Crippen LogP contribution in [0.1, 0.15) is 36.2 Å². The Labute approximate surface area is 105 Å². The Morgan fingerprint density at radius 1 is 1.28 bits per heavy atom. The van der Waals surface area contributed by atoms with E-state index in [1.807, 2.05) is 6.07 Å². The van der Waals surface area contributed by atoms with Gasteiger partial charge in [-0.2, -0.15) is 0 Å². The number of piperidine rings is 1. The molecule has 18 heavy (non-hydrogen) atoms. The number of carboxylic acid groups (broad SMARTS) is 1. The van der Waals surface area contributed by atoms with Gasteiger partial charge in [0.05, 0.1) is 18.0 Å². The van der Waals surface area contributed by atoms with Crippen LogP contribution in [0.25, 0.3) is 0 Å². The van der Waals surface area contributed by atoms with Crippen LogP contribution in [0.15, 0.2) is 18.3 Å². The summed E-state index contributed by atoms with van der Waals surface area (Å²) in [7, 11) is 0. The van der Waals surface area contributed by atoms with E-state index in [0.29, 0.717) is 12.1 Å². The van der Waals surface area contributed by atoms with Crippen LogP contribution in [-0.2, 0) is 0 Å². The molecule has 2 unspecified atom stereocenters. The van der Waals surface area contributed by atoms with Crippen molar-refractivity contribution in [1.29, 1.82) is 0 Å². The van der Waals surface area contributed by atoms with Crippen LogP contribution in [-0.4, -0.2) is 39.4 Å². The molecular weight excluding hydrogens is 232 g/mol. The SMILES string of the molecule is O=C(O)c1ccc(N2C3CCC2CC(O)C3)cn1. The van der Waals surface area contributed by atoms with E-state index in [1.54, 1.807) is 12.3 Å². The van der Waals surface area contributed by atoms with Crippen molar-refractivity contribution in [3.05, 3.63) is 24.0 Å². The Morgan fingerprint density at radius 2 is 1.94 bits per heavy atom. The molecule has 0 saturated carbocycles. The minimum absolute atomic E-state index is 0.0724. The molecule has 2 atom stereocenters. The van der Waals surface area contributed by atoms with Crippen molar-refractivity contribution in [2.45, 2.75) is 43.9 Å². The second kappa shape index (κ2) is 4.24. The summed E-state index contributed by atoms with van der Waals surface area (Å²) in [6.45, 7) is 0. The number of aliphatic hydroxyl groups excluding tert-OH is 1. The van der Waals surface area contributed by atoms with Crippen LogP contribution >= 0.6 is 0 Å². The van der Waals surface area contributed by atoms with Gasteiger partial charge >= 0.3 is 5.97 Å². The molecule has 0 aromatic carbocycles. The largest absolute Gasteiger partial charge is 0.477 e. The molecular formula is C13H16N2O3. The highest BCUT2D eigenvalue weighted by Crippen LogP contribution is 2.38. The van der Waals surface area contributed by atoms with E-state index in [4.69, 9.17) is 5.11 Å². The van der Waals surface area contributed by atoms with Gasteiger partial charge in [-0.05, 0) is 37.8 Å². The summed E-state index contributed by atoms with van der Waals surface area (Å²) < 4.78 is 0. The lowest BCUT2D eigenvalue weighted by atomic mass is 9.99. The first-order chi connectivity index (χ1) is 8.65. The number of anilines is 1. The van der Waals surface area contributed by atoms with E-state index < -0.39 is 5.97 Å². The molecule has 0 spiro atoms. The average Bonchev–Trinajstić information content (AvgIpc) is 2.62. The van der Waals surface area contributed by atoms with Crippen molar-refractivity contribution < 1.29 is 15.0 Å². The second-order valence-corrected chi connectivity index (χ2v) is 5.12. The van der Waals surface area contributed by atoms with Crippen LogP contribution in [0, 0.1) is 0 Å². The first-order valence-corrected chi connectivity index (χ1v) is 6.31. The number of aromatic carboxylic acids is 1. The van der Waals surface area contributed by atoms with Crippen molar-refractivity contribution in [1.82, 2.24) is 4.98 Å². The average molecular weight is 248 g/mol. The van der Waals surface area contributed by atoms with Gasteiger partial charge in [0.2, 0.25) is 0 Å². The van der Waals surface area contributed by atoms with E-state index in [0.717, 1.165) is 31.4 Å². The highest BCUT2D eigenvalue weighted by Gasteiger charge is 2.40. The summed E-state index contributed by atoms with van der Waals surface area (Å²) in [6, 6.07) is 4.11. The smallest absolute Gasteiger partial charge is 0.354 e. The zero-order chi connectivity index (χ0) is 12.7. The first-order valence-electron chi connectivity index (χ1n) is 6.31. The predicted molar refractivity (Wildman–Crippen MR) is 65.7 cm³/mol. The normalized spacial score (nSPS) is 30.5. The van der Waals surface area contributed by atoms with Crippen LogP contribution in [0.2, 0.25) is 0 Å². The third-order valence-corrected chi connectivity index (χ3v) is 3.97. The van der Waals surface area contributed by atoms with Gasteiger partial charge in [0.25, 0.3) is 0 Å². The molecule has 2 N–H and O–H groups in total. The van der Waals surface area contributed by atoms with E-state index in [9.17, 15) is 9.90 Å². The fraction of sp³-hybridized carbons (Fsp3) is 0.538. The van der Waals surface area contributed by atoms with Crippen LogP contribution in [0.3, 0.4) is 0 Å². The molecule has 1 aromatic heterocycles. The first kappa shape index (κ1) is 11.5. The van der Waals surface area contributed by atoms with Crippen LogP contribution in [0.4, 0.5) is 5.69 Å². The maximum absolute atomic E-state index is 10.8. The topological polar surface area (TPSA) is 73.7 Å². The summed E-state index contributed by atoms with van der Waals surface area (Å²) in [5, 5.41) is 18.6. The van der Waals surface area contributed by atoms with Gasteiger partial charge in [-0.1, -0.05) is 0 Å². The van der Waals surface area contributed by atoms with Gasteiger partial charge in [-0.3, -0.25) is 0 Å². The van der Waals surface area contributed by atoms with Gasteiger partial charge in [0.15, 0.2) is 0 Å². The summed E-state index contributed by atoms with van der Waals surface area (Å²) in [5.41, 5.74) is 1.04. The second-order valence-electron chi connectivity index (χ2n) is 5.12. The van der Waals surface area contributed by atoms with E-state index in [1.165, 1.54) is 0 Å². The molecule has 2 aliphatic heterocycles. The van der Waals surface area contributed by atoms with E-state index in [-0.39, 0.29) is 11.8 Å². The Kier molecular flexibility index (Phi) is 2.70. The number of carboxylic acids is 1. The molecule has 1 aromatic rings. The number of aromatic nitrogens is 1. The molecule has 5 heteroatoms. The lowest BCUT2D eigenvalue weighted by Gasteiger charge is -2.38. The third kappa shape index (κ3) is 1.84. The fourth-order valence-electron chi connectivity index (χ4n) is 3.24. The van der Waals surface area contributed by atoms with Crippen molar-refractivity contribution in [3.8, 4) is 0 Å². The molecule has 3 rings (SSSR count). The maximum atomic E-state index is 10.8. The quantitative estimate of drug-likeness (QED) is 0.824. The van der Waals surface area contributed by atoms with Crippen molar-refractivity contribution in [3.63, 3.8) is 0 Å². The zero-order valence-corrected chi connectivity index (χ0v) is 9.99. The third-order valence-electron chi connectivity index (χ3n) is 3.97. The Morgan fingerprint density at radius 3 is 2.44 bits per heavy atom. The molecule has 2 bridgehead atoms. The number of rotatable bonds is 2. The van der Waals surface area contributed by atoms with Gasteiger partial charge < -0.3 is 15.1 Å². The number of hydrogen-bond acceptors (Lipinski definition) is 4. The van der Waals surface area contributed by atoms with Crippen molar-refractivity contribution >= 4 is 11.7 Å². The summed E-state index contributed by atoms with van der Waals surface area (Å²) in [4.78, 5) is 17.0. The van der Waals surface area contributed by atoms with E-state index in [2.05, 4.69) is 9.88 Å². The molecule has 2 aliphatic rings. The van der Waals surface area contributed by atoms with Crippen LogP contribution < -0.4 is 4.90 Å². The number of pyridine rings is 1. The molecule has 2 saturated heterocycles. The molecule has 2 fully saturated rings. The van der Waals surface area contributed by atoms with Gasteiger partial charge in [-0.15, -0.1) is 0 Å². The molecule has 0 radical (unpaired) electrons. The van der Waals surface area contributed by atoms with Crippen molar-refractivity contribution in [2.75, 3.05) is 4.90 Å².